The SMILES string of the molecule is CC(C)c1cc(Cl)ccc1OCC1CCNCC1. The van der Waals surface area contributed by atoms with E-state index in [9.17, 15) is 0 Å². The standard InChI is InChI=1S/C15H22ClNO/c1-11(2)14-9-13(16)3-4-15(14)18-10-12-5-7-17-8-6-12/h3-4,9,11-12,17H,5-8,10H2,1-2H3. The summed E-state index contributed by atoms with van der Waals surface area (Å²) >= 11 is 6.05. The summed E-state index contributed by atoms with van der Waals surface area (Å²) in [6.07, 6.45) is 2.43. The highest BCUT2D eigenvalue weighted by molar-refractivity contribution is 6.30. The van der Waals surface area contributed by atoms with Crippen LogP contribution in [-0.2, 0) is 0 Å². The largest absolute Gasteiger partial charge is 0.493 e. The molecule has 1 aromatic carbocycles. The Hall–Kier alpha value is -0.730. The van der Waals surface area contributed by atoms with Crippen molar-refractivity contribution >= 4 is 11.6 Å². The van der Waals surface area contributed by atoms with Gasteiger partial charge in [0.05, 0.1) is 6.61 Å². The number of benzene rings is 1. The van der Waals surface area contributed by atoms with E-state index in [-0.39, 0.29) is 0 Å². The zero-order chi connectivity index (χ0) is 13.0. The van der Waals surface area contributed by atoms with E-state index in [0.717, 1.165) is 30.5 Å². The van der Waals surface area contributed by atoms with Crippen LogP contribution in [0.3, 0.4) is 0 Å². The molecule has 100 valence electrons. The summed E-state index contributed by atoms with van der Waals surface area (Å²) in [7, 11) is 0. The van der Waals surface area contributed by atoms with E-state index in [2.05, 4.69) is 19.2 Å². The molecule has 2 rings (SSSR count). The van der Waals surface area contributed by atoms with Gasteiger partial charge in [-0.3, -0.25) is 0 Å². The zero-order valence-corrected chi connectivity index (χ0v) is 12.0. The van der Waals surface area contributed by atoms with E-state index < -0.39 is 0 Å². The first-order valence-corrected chi connectivity index (χ1v) is 7.17. The van der Waals surface area contributed by atoms with Gasteiger partial charge >= 0.3 is 0 Å². The molecular formula is C15H22ClNO. The van der Waals surface area contributed by atoms with Gasteiger partial charge in [0.15, 0.2) is 0 Å². The quantitative estimate of drug-likeness (QED) is 0.895. The highest BCUT2D eigenvalue weighted by atomic mass is 35.5. The molecule has 1 N–H and O–H groups in total. The van der Waals surface area contributed by atoms with Crippen LogP contribution < -0.4 is 10.1 Å². The van der Waals surface area contributed by atoms with Crippen LogP contribution in [0, 0.1) is 5.92 Å². The van der Waals surface area contributed by atoms with Crippen molar-refractivity contribution in [3.05, 3.63) is 28.8 Å². The van der Waals surface area contributed by atoms with Crippen molar-refractivity contribution in [2.45, 2.75) is 32.6 Å². The van der Waals surface area contributed by atoms with Gasteiger partial charge in [-0.2, -0.15) is 0 Å². The van der Waals surface area contributed by atoms with Crippen LogP contribution in [-0.4, -0.2) is 19.7 Å². The number of piperidine rings is 1. The van der Waals surface area contributed by atoms with E-state index in [4.69, 9.17) is 16.3 Å². The van der Waals surface area contributed by atoms with E-state index in [1.165, 1.54) is 18.4 Å². The molecule has 1 aromatic rings. The first-order chi connectivity index (χ1) is 8.66. The summed E-state index contributed by atoms with van der Waals surface area (Å²) in [5.41, 5.74) is 1.21. The van der Waals surface area contributed by atoms with Crippen molar-refractivity contribution in [3.63, 3.8) is 0 Å². The van der Waals surface area contributed by atoms with Gasteiger partial charge in [-0.25, -0.2) is 0 Å². The molecule has 0 radical (unpaired) electrons. The average molecular weight is 268 g/mol. The number of hydrogen-bond donors (Lipinski definition) is 1. The van der Waals surface area contributed by atoms with E-state index in [1.807, 2.05) is 18.2 Å². The Bertz CT molecular complexity index is 386. The normalized spacial score (nSPS) is 17.1. The van der Waals surface area contributed by atoms with Gasteiger partial charge in [0.25, 0.3) is 0 Å². The third-order valence-electron chi connectivity index (χ3n) is 3.53. The zero-order valence-electron chi connectivity index (χ0n) is 11.2. The van der Waals surface area contributed by atoms with Gasteiger partial charge in [-0.15, -0.1) is 0 Å². The van der Waals surface area contributed by atoms with Crippen molar-refractivity contribution in [1.29, 1.82) is 0 Å². The van der Waals surface area contributed by atoms with Crippen LogP contribution in [0.5, 0.6) is 5.75 Å². The molecule has 0 spiro atoms. The van der Waals surface area contributed by atoms with Gasteiger partial charge in [0.1, 0.15) is 5.75 Å². The summed E-state index contributed by atoms with van der Waals surface area (Å²) in [5, 5.41) is 4.16. The van der Waals surface area contributed by atoms with Gasteiger partial charge in [0, 0.05) is 5.02 Å². The Labute approximate surface area is 115 Å². The molecule has 1 saturated heterocycles. The lowest BCUT2D eigenvalue weighted by Crippen LogP contribution is -2.30. The van der Waals surface area contributed by atoms with Crippen LogP contribution in [0.2, 0.25) is 5.02 Å². The van der Waals surface area contributed by atoms with Gasteiger partial charge in [-0.1, -0.05) is 25.4 Å². The fourth-order valence-corrected chi connectivity index (χ4v) is 2.54. The van der Waals surface area contributed by atoms with Crippen molar-refractivity contribution in [2.24, 2.45) is 5.92 Å². The van der Waals surface area contributed by atoms with Crippen LogP contribution >= 0.6 is 11.6 Å². The molecular weight excluding hydrogens is 246 g/mol. The minimum absolute atomic E-state index is 0.437. The molecule has 0 atom stereocenters. The fourth-order valence-electron chi connectivity index (χ4n) is 2.36. The van der Waals surface area contributed by atoms with Crippen molar-refractivity contribution in [3.8, 4) is 5.75 Å². The maximum atomic E-state index is 6.05. The number of halogens is 1. The Balaban J connectivity index is 1.99. The third-order valence-corrected chi connectivity index (χ3v) is 3.76. The maximum Gasteiger partial charge on any atom is 0.122 e. The lowest BCUT2D eigenvalue weighted by Gasteiger charge is -2.23. The second-order valence-electron chi connectivity index (χ2n) is 5.34. The highest BCUT2D eigenvalue weighted by Gasteiger charge is 2.15. The van der Waals surface area contributed by atoms with Crippen molar-refractivity contribution in [1.82, 2.24) is 5.32 Å². The maximum absolute atomic E-state index is 6.05. The lowest BCUT2D eigenvalue weighted by atomic mass is 9.99. The molecule has 1 aliphatic rings. The molecule has 2 nitrogen and oxygen atoms in total. The molecule has 0 aliphatic carbocycles. The number of ether oxygens (including phenoxy) is 1. The predicted molar refractivity (Wildman–Crippen MR) is 76.6 cm³/mol. The highest BCUT2D eigenvalue weighted by Crippen LogP contribution is 2.30. The first-order valence-electron chi connectivity index (χ1n) is 6.80. The molecule has 1 fully saturated rings. The fraction of sp³-hybridized carbons (Fsp3) is 0.600. The lowest BCUT2D eigenvalue weighted by molar-refractivity contribution is 0.213. The number of hydrogen-bond acceptors (Lipinski definition) is 2. The average Bonchev–Trinajstić information content (AvgIpc) is 2.38. The second-order valence-corrected chi connectivity index (χ2v) is 5.78. The Morgan fingerprint density at radius 3 is 2.72 bits per heavy atom. The van der Waals surface area contributed by atoms with Gasteiger partial charge in [-0.05, 0) is 61.5 Å². The number of nitrogens with one attached hydrogen (secondary N) is 1. The van der Waals surface area contributed by atoms with E-state index >= 15 is 0 Å². The molecule has 1 heterocycles. The van der Waals surface area contributed by atoms with E-state index in [1.54, 1.807) is 0 Å². The van der Waals surface area contributed by atoms with Crippen LogP contribution in [0.4, 0.5) is 0 Å². The Kier molecular flexibility index (Phi) is 4.90. The molecule has 3 heteroatoms. The van der Waals surface area contributed by atoms with Gasteiger partial charge < -0.3 is 10.1 Å². The molecule has 18 heavy (non-hydrogen) atoms. The van der Waals surface area contributed by atoms with Crippen molar-refractivity contribution in [2.75, 3.05) is 19.7 Å². The summed E-state index contributed by atoms with van der Waals surface area (Å²) < 4.78 is 6.01. The molecule has 0 aromatic heterocycles. The molecule has 0 bridgehead atoms. The smallest absolute Gasteiger partial charge is 0.122 e. The topological polar surface area (TPSA) is 21.3 Å². The Morgan fingerprint density at radius 2 is 2.06 bits per heavy atom. The number of rotatable bonds is 4. The van der Waals surface area contributed by atoms with Gasteiger partial charge in [0.2, 0.25) is 0 Å². The molecule has 0 amide bonds. The summed E-state index contributed by atoms with van der Waals surface area (Å²) in [4.78, 5) is 0. The summed E-state index contributed by atoms with van der Waals surface area (Å²) in [6.45, 7) is 7.40. The Morgan fingerprint density at radius 1 is 1.33 bits per heavy atom. The van der Waals surface area contributed by atoms with Crippen LogP contribution in [0.25, 0.3) is 0 Å². The summed E-state index contributed by atoms with van der Waals surface area (Å²) in [5.74, 6) is 2.11. The van der Waals surface area contributed by atoms with Crippen LogP contribution in [0.15, 0.2) is 18.2 Å². The third kappa shape index (κ3) is 3.63. The minimum Gasteiger partial charge on any atom is -0.493 e. The molecule has 1 aliphatic heterocycles. The first kappa shape index (κ1) is 13.7. The van der Waals surface area contributed by atoms with Crippen molar-refractivity contribution < 1.29 is 4.74 Å². The monoisotopic (exact) mass is 267 g/mol. The summed E-state index contributed by atoms with van der Waals surface area (Å²) in [6, 6.07) is 5.92. The predicted octanol–water partition coefficient (Wildman–Crippen LogP) is 3.84. The van der Waals surface area contributed by atoms with E-state index in [0.29, 0.717) is 11.8 Å². The molecule has 0 saturated carbocycles. The molecule has 0 unspecified atom stereocenters. The second kappa shape index (κ2) is 6.44. The van der Waals surface area contributed by atoms with Crippen LogP contribution in [0.1, 0.15) is 38.2 Å². The minimum atomic E-state index is 0.437.